The third-order valence-electron chi connectivity index (χ3n) is 2.92. The zero-order valence-electron chi connectivity index (χ0n) is 10.6. The van der Waals surface area contributed by atoms with Crippen LogP contribution in [0, 0.1) is 17.0 Å². The number of nitro groups is 1. The highest BCUT2D eigenvalue weighted by Gasteiger charge is 2.18. The maximum absolute atomic E-state index is 11.1. The van der Waals surface area contributed by atoms with Crippen LogP contribution >= 0.6 is 15.9 Å². The third-order valence-corrected chi connectivity index (χ3v) is 3.41. The Hall–Kier alpha value is -1.88. The topological polar surface area (TPSA) is 46.4 Å². The minimum Gasteiger partial charge on any atom is -0.339 e. The summed E-state index contributed by atoms with van der Waals surface area (Å²) in [6.07, 6.45) is 0. The van der Waals surface area contributed by atoms with E-state index in [1.54, 1.807) is 12.1 Å². The summed E-state index contributed by atoms with van der Waals surface area (Å²) in [6, 6.07) is 12.9. The monoisotopic (exact) mass is 320 g/mol. The molecule has 4 nitrogen and oxygen atoms in total. The van der Waals surface area contributed by atoms with Crippen LogP contribution in [0.4, 0.5) is 17.1 Å². The van der Waals surface area contributed by atoms with Gasteiger partial charge in [0.25, 0.3) is 5.69 Å². The molecular formula is C14H13BrN2O2. The Kier molecular flexibility index (Phi) is 3.85. The molecule has 0 unspecified atom stereocenters. The molecule has 0 saturated carbocycles. The van der Waals surface area contributed by atoms with Gasteiger partial charge in [-0.25, -0.2) is 0 Å². The number of benzene rings is 2. The molecule has 0 spiro atoms. The van der Waals surface area contributed by atoms with Gasteiger partial charge in [0.1, 0.15) is 5.69 Å². The molecule has 0 aliphatic carbocycles. The molecule has 0 fully saturated rings. The third kappa shape index (κ3) is 2.93. The van der Waals surface area contributed by atoms with Crippen molar-refractivity contribution in [3.63, 3.8) is 0 Å². The zero-order chi connectivity index (χ0) is 14.0. The van der Waals surface area contributed by atoms with E-state index in [1.165, 1.54) is 6.07 Å². The van der Waals surface area contributed by atoms with E-state index in [9.17, 15) is 10.1 Å². The fraction of sp³-hybridized carbons (Fsp3) is 0.143. The van der Waals surface area contributed by atoms with Crippen LogP contribution in [0.3, 0.4) is 0 Å². The summed E-state index contributed by atoms with van der Waals surface area (Å²) in [5, 5.41) is 11.1. The van der Waals surface area contributed by atoms with Gasteiger partial charge in [0, 0.05) is 23.3 Å². The van der Waals surface area contributed by atoms with Gasteiger partial charge in [-0.05, 0) is 31.2 Å². The van der Waals surface area contributed by atoms with Gasteiger partial charge in [0.2, 0.25) is 0 Å². The number of rotatable bonds is 3. The maximum atomic E-state index is 11.1. The van der Waals surface area contributed by atoms with Crippen LogP contribution in [0.5, 0.6) is 0 Å². The maximum Gasteiger partial charge on any atom is 0.293 e. The average molecular weight is 321 g/mol. The van der Waals surface area contributed by atoms with Gasteiger partial charge in [-0.2, -0.15) is 0 Å². The van der Waals surface area contributed by atoms with Crippen LogP contribution < -0.4 is 4.90 Å². The minimum absolute atomic E-state index is 0.0810. The van der Waals surface area contributed by atoms with Crippen LogP contribution in [0.15, 0.2) is 46.9 Å². The first-order valence-corrected chi connectivity index (χ1v) is 6.52. The van der Waals surface area contributed by atoms with E-state index < -0.39 is 0 Å². The van der Waals surface area contributed by atoms with Crippen molar-refractivity contribution < 1.29 is 4.92 Å². The van der Waals surface area contributed by atoms with Crippen LogP contribution in [-0.2, 0) is 0 Å². The number of hydrogen-bond donors (Lipinski definition) is 0. The summed E-state index contributed by atoms with van der Waals surface area (Å²) in [5.41, 5.74) is 2.72. The standard InChI is InChI=1S/C14H13BrN2O2/c1-10-3-6-12(7-4-10)16(2)13-8-5-11(15)9-14(13)17(18)19/h3-9H,1-2H3. The summed E-state index contributed by atoms with van der Waals surface area (Å²) in [7, 11) is 1.82. The highest BCUT2D eigenvalue weighted by Crippen LogP contribution is 2.34. The molecule has 98 valence electrons. The van der Waals surface area contributed by atoms with Crippen molar-refractivity contribution in [2.45, 2.75) is 6.92 Å². The predicted molar refractivity (Wildman–Crippen MR) is 80.0 cm³/mol. The second-order valence-corrected chi connectivity index (χ2v) is 5.20. The SMILES string of the molecule is Cc1ccc(N(C)c2ccc(Br)cc2[N+](=O)[O-])cc1. The lowest BCUT2D eigenvalue weighted by atomic mass is 10.2. The number of hydrogen-bond acceptors (Lipinski definition) is 3. The highest BCUT2D eigenvalue weighted by molar-refractivity contribution is 9.10. The van der Waals surface area contributed by atoms with Crippen LogP contribution in [0.25, 0.3) is 0 Å². The molecule has 0 aliphatic heterocycles. The molecule has 0 N–H and O–H groups in total. The number of halogens is 1. The van der Waals surface area contributed by atoms with Crippen LogP contribution in [0.1, 0.15) is 5.56 Å². The van der Waals surface area contributed by atoms with Crippen molar-refractivity contribution in [3.05, 3.63) is 62.6 Å². The Morgan fingerprint density at radius 3 is 2.37 bits per heavy atom. The second-order valence-electron chi connectivity index (χ2n) is 4.28. The summed E-state index contributed by atoms with van der Waals surface area (Å²) >= 11 is 3.26. The van der Waals surface area contributed by atoms with Crippen molar-refractivity contribution in [2.24, 2.45) is 0 Å². The van der Waals surface area contributed by atoms with E-state index in [2.05, 4.69) is 15.9 Å². The Morgan fingerprint density at radius 2 is 1.79 bits per heavy atom. The first-order chi connectivity index (χ1) is 8.99. The molecule has 2 rings (SSSR count). The van der Waals surface area contributed by atoms with E-state index >= 15 is 0 Å². The van der Waals surface area contributed by atoms with E-state index in [1.807, 2.05) is 43.1 Å². The average Bonchev–Trinajstić information content (AvgIpc) is 2.38. The quantitative estimate of drug-likeness (QED) is 0.620. The molecule has 0 bridgehead atoms. The first kappa shape index (κ1) is 13.5. The molecule has 19 heavy (non-hydrogen) atoms. The fourth-order valence-corrected chi connectivity index (χ4v) is 2.18. The Morgan fingerprint density at radius 1 is 1.16 bits per heavy atom. The van der Waals surface area contributed by atoms with Gasteiger partial charge < -0.3 is 4.90 Å². The number of anilines is 2. The number of aryl methyl sites for hydroxylation is 1. The lowest BCUT2D eigenvalue weighted by Gasteiger charge is -2.19. The largest absolute Gasteiger partial charge is 0.339 e. The molecular weight excluding hydrogens is 308 g/mol. The number of nitrogens with zero attached hydrogens (tertiary/aromatic N) is 2. The lowest BCUT2D eigenvalue weighted by molar-refractivity contribution is -0.384. The van der Waals surface area contributed by atoms with Crippen LogP contribution in [-0.4, -0.2) is 12.0 Å². The molecule has 0 heterocycles. The van der Waals surface area contributed by atoms with Crippen LogP contribution in [0.2, 0.25) is 0 Å². The zero-order valence-corrected chi connectivity index (χ0v) is 12.2. The van der Waals surface area contributed by atoms with E-state index in [0.717, 1.165) is 11.3 Å². The van der Waals surface area contributed by atoms with Crippen molar-refractivity contribution in [2.75, 3.05) is 11.9 Å². The first-order valence-electron chi connectivity index (χ1n) is 5.73. The Labute approximate surface area is 119 Å². The molecule has 2 aromatic carbocycles. The van der Waals surface area contributed by atoms with E-state index in [4.69, 9.17) is 0 Å². The highest BCUT2D eigenvalue weighted by atomic mass is 79.9. The summed E-state index contributed by atoms with van der Waals surface area (Å²) < 4.78 is 0.695. The van der Waals surface area contributed by atoms with Gasteiger partial charge in [0.15, 0.2) is 0 Å². The molecule has 0 aromatic heterocycles. The predicted octanol–water partition coefficient (Wildman–Crippen LogP) is 4.43. The molecule has 5 heteroatoms. The molecule has 2 aromatic rings. The summed E-state index contributed by atoms with van der Waals surface area (Å²) in [6.45, 7) is 2.01. The molecule has 0 amide bonds. The van der Waals surface area contributed by atoms with Gasteiger partial charge in [-0.1, -0.05) is 33.6 Å². The smallest absolute Gasteiger partial charge is 0.293 e. The molecule has 0 atom stereocenters. The molecule has 0 aliphatic rings. The van der Waals surface area contributed by atoms with Crippen molar-refractivity contribution in [1.29, 1.82) is 0 Å². The van der Waals surface area contributed by atoms with Gasteiger partial charge in [-0.15, -0.1) is 0 Å². The molecule has 0 radical (unpaired) electrons. The van der Waals surface area contributed by atoms with Crippen molar-refractivity contribution in [3.8, 4) is 0 Å². The van der Waals surface area contributed by atoms with E-state index in [-0.39, 0.29) is 10.6 Å². The van der Waals surface area contributed by atoms with E-state index in [0.29, 0.717) is 10.2 Å². The summed E-state index contributed by atoms with van der Waals surface area (Å²) in [5.74, 6) is 0. The Bertz CT molecular complexity index is 611. The fourth-order valence-electron chi connectivity index (χ4n) is 1.83. The minimum atomic E-state index is -0.370. The second kappa shape index (κ2) is 5.40. The van der Waals surface area contributed by atoms with Gasteiger partial charge in [0.05, 0.1) is 4.92 Å². The molecule has 0 saturated heterocycles. The lowest BCUT2D eigenvalue weighted by Crippen LogP contribution is -2.11. The normalized spacial score (nSPS) is 10.3. The van der Waals surface area contributed by atoms with Crippen molar-refractivity contribution >= 4 is 33.0 Å². The summed E-state index contributed by atoms with van der Waals surface area (Å²) in [4.78, 5) is 12.6. The van der Waals surface area contributed by atoms with Crippen molar-refractivity contribution in [1.82, 2.24) is 0 Å². The Balaban J connectivity index is 2.46. The number of nitro benzene ring substituents is 1. The van der Waals surface area contributed by atoms with Gasteiger partial charge >= 0.3 is 0 Å². The van der Waals surface area contributed by atoms with Gasteiger partial charge in [-0.3, -0.25) is 10.1 Å².